The minimum absolute atomic E-state index is 0.328. The molecule has 0 unspecified atom stereocenters. The van der Waals surface area contributed by atoms with Crippen LogP contribution in [0.1, 0.15) is 20.7 Å². The molecule has 2 N–H and O–H groups in total. The number of carbonyl (C=O) groups excluding carboxylic acids is 2. The Balaban J connectivity index is 2.34. The molecular formula is C11H10N2O2. The summed E-state index contributed by atoms with van der Waals surface area (Å²) in [5.41, 5.74) is 1.66. The van der Waals surface area contributed by atoms with Crippen molar-refractivity contribution in [2.24, 2.45) is 0 Å². The Morgan fingerprint density at radius 3 is 2.73 bits per heavy atom. The molecule has 1 aromatic rings. The molecule has 2 rings (SSSR count). The van der Waals surface area contributed by atoms with E-state index >= 15 is 0 Å². The SMILES string of the molecule is C=CCNc1ccc2c(c1)C(=O)NC2=O. The fraction of sp³-hybridized carbons (Fsp3) is 0.0909. The summed E-state index contributed by atoms with van der Waals surface area (Å²) in [7, 11) is 0. The number of hydrogen-bond donors (Lipinski definition) is 2. The van der Waals surface area contributed by atoms with Crippen LogP contribution < -0.4 is 10.6 Å². The van der Waals surface area contributed by atoms with Crippen LogP contribution in [-0.4, -0.2) is 18.4 Å². The summed E-state index contributed by atoms with van der Waals surface area (Å²) in [6, 6.07) is 5.07. The van der Waals surface area contributed by atoms with Gasteiger partial charge in [-0.2, -0.15) is 0 Å². The van der Waals surface area contributed by atoms with Crippen molar-refractivity contribution >= 4 is 17.5 Å². The Kier molecular flexibility index (Phi) is 2.25. The van der Waals surface area contributed by atoms with E-state index in [1.807, 2.05) is 0 Å². The zero-order valence-electron chi connectivity index (χ0n) is 8.04. The zero-order valence-corrected chi connectivity index (χ0v) is 8.04. The summed E-state index contributed by atoms with van der Waals surface area (Å²) >= 11 is 0. The second kappa shape index (κ2) is 3.57. The Labute approximate surface area is 87.0 Å². The van der Waals surface area contributed by atoms with Gasteiger partial charge in [0.05, 0.1) is 11.1 Å². The van der Waals surface area contributed by atoms with Crippen LogP contribution in [0.3, 0.4) is 0 Å². The molecule has 0 radical (unpaired) electrons. The summed E-state index contributed by atoms with van der Waals surface area (Å²) in [4.78, 5) is 22.6. The molecule has 4 nitrogen and oxygen atoms in total. The van der Waals surface area contributed by atoms with Crippen LogP contribution in [0, 0.1) is 0 Å². The lowest BCUT2D eigenvalue weighted by Gasteiger charge is -2.03. The molecular weight excluding hydrogens is 192 g/mol. The van der Waals surface area contributed by atoms with Gasteiger partial charge in [0.2, 0.25) is 0 Å². The van der Waals surface area contributed by atoms with E-state index in [1.54, 1.807) is 24.3 Å². The van der Waals surface area contributed by atoms with Crippen LogP contribution in [0.5, 0.6) is 0 Å². The monoisotopic (exact) mass is 202 g/mol. The number of nitrogens with one attached hydrogen (secondary N) is 2. The first-order valence-electron chi connectivity index (χ1n) is 4.57. The highest BCUT2D eigenvalue weighted by atomic mass is 16.2. The predicted molar refractivity (Wildman–Crippen MR) is 56.9 cm³/mol. The van der Waals surface area contributed by atoms with Crippen LogP contribution in [-0.2, 0) is 0 Å². The van der Waals surface area contributed by atoms with Crippen LogP contribution in [0.4, 0.5) is 5.69 Å². The summed E-state index contributed by atoms with van der Waals surface area (Å²) in [5, 5.41) is 5.29. The van der Waals surface area contributed by atoms with Gasteiger partial charge in [0.15, 0.2) is 0 Å². The van der Waals surface area contributed by atoms with Gasteiger partial charge in [-0.1, -0.05) is 6.08 Å². The van der Waals surface area contributed by atoms with E-state index in [4.69, 9.17) is 0 Å². The lowest BCUT2D eigenvalue weighted by Crippen LogP contribution is -2.19. The third-order valence-corrected chi connectivity index (χ3v) is 2.19. The standard InChI is InChI=1S/C11H10N2O2/c1-2-5-12-7-3-4-8-9(6-7)11(15)13-10(8)14/h2-4,6,12H,1,5H2,(H,13,14,15). The molecule has 0 atom stereocenters. The predicted octanol–water partition coefficient (Wildman–Crippen LogP) is 1.17. The Morgan fingerprint density at radius 1 is 1.27 bits per heavy atom. The molecule has 1 aliphatic heterocycles. The molecule has 0 aromatic heterocycles. The third kappa shape index (κ3) is 1.61. The van der Waals surface area contributed by atoms with Gasteiger partial charge in [0.1, 0.15) is 0 Å². The van der Waals surface area contributed by atoms with Crippen molar-refractivity contribution < 1.29 is 9.59 Å². The summed E-state index contributed by atoms with van der Waals surface area (Å²) in [6.07, 6.45) is 1.72. The molecule has 76 valence electrons. The van der Waals surface area contributed by atoms with E-state index in [0.717, 1.165) is 5.69 Å². The molecule has 0 bridgehead atoms. The molecule has 1 aliphatic rings. The fourth-order valence-electron chi connectivity index (χ4n) is 1.47. The van der Waals surface area contributed by atoms with Gasteiger partial charge in [-0.3, -0.25) is 14.9 Å². The lowest BCUT2D eigenvalue weighted by molar-refractivity contribution is 0.0879. The van der Waals surface area contributed by atoms with E-state index in [1.165, 1.54) is 0 Å². The maximum atomic E-state index is 11.3. The van der Waals surface area contributed by atoms with Gasteiger partial charge in [-0.25, -0.2) is 0 Å². The Hall–Kier alpha value is -2.10. The third-order valence-electron chi connectivity index (χ3n) is 2.19. The number of carbonyl (C=O) groups is 2. The highest BCUT2D eigenvalue weighted by molar-refractivity contribution is 6.21. The molecule has 0 fully saturated rings. The highest BCUT2D eigenvalue weighted by Gasteiger charge is 2.26. The van der Waals surface area contributed by atoms with Crippen LogP contribution >= 0.6 is 0 Å². The molecule has 1 heterocycles. The molecule has 2 amide bonds. The average Bonchev–Trinajstić information content (AvgIpc) is 2.52. The van der Waals surface area contributed by atoms with Crippen molar-refractivity contribution in [3.8, 4) is 0 Å². The topological polar surface area (TPSA) is 58.2 Å². The maximum Gasteiger partial charge on any atom is 0.259 e. The van der Waals surface area contributed by atoms with Crippen molar-refractivity contribution in [1.82, 2.24) is 5.32 Å². The first kappa shape index (κ1) is 9.45. The highest BCUT2D eigenvalue weighted by Crippen LogP contribution is 2.19. The van der Waals surface area contributed by atoms with Crippen LogP contribution in [0.2, 0.25) is 0 Å². The number of imide groups is 1. The summed E-state index contributed by atoms with van der Waals surface area (Å²) in [6.45, 7) is 4.20. The van der Waals surface area contributed by atoms with E-state index in [0.29, 0.717) is 17.7 Å². The maximum absolute atomic E-state index is 11.3. The number of fused-ring (bicyclic) bond motifs is 1. The number of rotatable bonds is 3. The van der Waals surface area contributed by atoms with Gasteiger partial charge in [-0.15, -0.1) is 6.58 Å². The zero-order chi connectivity index (χ0) is 10.8. The van der Waals surface area contributed by atoms with Gasteiger partial charge in [-0.05, 0) is 18.2 Å². The van der Waals surface area contributed by atoms with Gasteiger partial charge in [0.25, 0.3) is 11.8 Å². The number of hydrogen-bond acceptors (Lipinski definition) is 3. The quantitative estimate of drug-likeness (QED) is 0.571. The molecule has 4 heteroatoms. The van der Waals surface area contributed by atoms with Crippen molar-refractivity contribution in [2.45, 2.75) is 0 Å². The van der Waals surface area contributed by atoms with Crippen LogP contribution in [0.25, 0.3) is 0 Å². The molecule has 15 heavy (non-hydrogen) atoms. The summed E-state index contributed by atoms with van der Waals surface area (Å²) < 4.78 is 0. The second-order valence-electron chi connectivity index (χ2n) is 3.21. The Morgan fingerprint density at radius 2 is 2.00 bits per heavy atom. The summed E-state index contributed by atoms with van der Waals surface area (Å²) in [5.74, 6) is -0.664. The number of amides is 2. The number of anilines is 1. The van der Waals surface area contributed by atoms with Crippen molar-refractivity contribution in [1.29, 1.82) is 0 Å². The van der Waals surface area contributed by atoms with Gasteiger partial charge >= 0.3 is 0 Å². The second-order valence-corrected chi connectivity index (χ2v) is 3.21. The first-order chi connectivity index (χ1) is 7.22. The molecule has 0 aliphatic carbocycles. The average molecular weight is 202 g/mol. The van der Waals surface area contributed by atoms with Crippen LogP contribution in [0.15, 0.2) is 30.9 Å². The normalized spacial score (nSPS) is 13.3. The smallest absolute Gasteiger partial charge is 0.259 e. The van der Waals surface area contributed by atoms with E-state index < -0.39 is 0 Å². The van der Waals surface area contributed by atoms with E-state index in [-0.39, 0.29) is 11.8 Å². The van der Waals surface area contributed by atoms with E-state index in [2.05, 4.69) is 17.2 Å². The minimum Gasteiger partial charge on any atom is -0.382 e. The minimum atomic E-state index is -0.336. The van der Waals surface area contributed by atoms with Crippen molar-refractivity contribution in [3.05, 3.63) is 42.0 Å². The molecule has 0 spiro atoms. The largest absolute Gasteiger partial charge is 0.382 e. The molecule has 0 saturated heterocycles. The fourth-order valence-corrected chi connectivity index (χ4v) is 1.47. The number of benzene rings is 1. The van der Waals surface area contributed by atoms with Crippen molar-refractivity contribution in [2.75, 3.05) is 11.9 Å². The molecule has 0 saturated carbocycles. The van der Waals surface area contributed by atoms with Gasteiger partial charge < -0.3 is 5.32 Å². The first-order valence-corrected chi connectivity index (χ1v) is 4.57. The lowest BCUT2D eigenvalue weighted by atomic mass is 10.1. The van der Waals surface area contributed by atoms with Gasteiger partial charge in [0, 0.05) is 12.2 Å². The van der Waals surface area contributed by atoms with E-state index in [9.17, 15) is 9.59 Å². The Bertz CT molecular complexity index is 452. The molecule has 1 aromatic carbocycles. The van der Waals surface area contributed by atoms with Crippen molar-refractivity contribution in [3.63, 3.8) is 0 Å².